The molecule has 0 fully saturated rings. The van der Waals surface area contributed by atoms with E-state index >= 15 is 0 Å². The van der Waals surface area contributed by atoms with Crippen molar-refractivity contribution >= 4 is 22.6 Å². The topological polar surface area (TPSA) is 151 Å². The van der Waals surface area contributed by atoms with Gasteiger partial charge < -0.3 is 5.32 Å². The predicted molar refractivity (Wildman–Crippen MR) is 108 cm³/mol. The highest BCUT2D eigenvalue weighted by molar-refractivity contribution is 5.91. The van der Waals surface area contributed by atoms with Crippen LogP contribution < -0.4 is 10.9 Å². The van der Waals surface area contributed by atoms with Crippen LogP contribution in [0.3, 0.4) is 0 Å². The van der Waals surface area contributed by atoms with E-state index in [1.165, 1.54) is 52.5 Å². The summed E-state index contributed by atoms with van der Waals surface area (Å²) in [6.45, 7) is 0.799. The Morgan fingerprint density at radius 3 is 2.65 bits per heavy atom. The van der Waals surface area contributed by atoms with E-state index in [1.807, 2.05) is 0 Å². The summed E-state index contributed by atoms with van der Waals surface area (Å²) in [6.07, 6.45) is 7.12. The van der Waals surface area contributed by atoms with E-state index in [-0.39, 0.29) is 35.9 Å². The van der Waals surface area contributed by atoms with Gasteiger partial charge in [0, 0.05) is 31.1 Å². The molecule has 0 saturated carbocycles. The largest absolute Gasteiger partial charge is 0.349 e. The molecule has 0 bridgehead atoms. The van der Waals surface area contributed by atoms with Gasteiger partial charge >= 0.3 is 0 Å². The Bertz CT molecular complexity index is 1300. The fraction of sp³-hybridized carbons (Fsp3) is 0.158. The number of carbonyl (C=O) groups excluding carboxylic acids is 1. The van der Waals surface area contributed by atoms with Crippen LogP contribution in [0.4, 0.5) is 5.69 Å². The summed E-state index contributed by atoms with van der Waals surface area (Å²) >= 11 is 0. The van der Waals surface area contributed by atoms with Crippen molar-refractivity contribution in [2.75, 3.05) is 6.54 Å². The summed E-state index contributed by atoms with van der Waals surface area (Å²) in [5, 5.41) is 18.0. The lowest BCUT2D eigenvalue weighted by Crippen LogP contribution is -2.28. The zero-order valence-electron chi connectivity index (χ0n) is 16.1. The number of non-ortho nitro benzene ring substituents is 1. The Morgan fingerprint density at radius 2 is 1.94 bits per heavy atom. The van der Waals surface area contributed by atoms with Gasteiger partial charge in [-0.15, -0.1) is 0 Å². The number of nitrogens with one attached hydrogen (secondary N) is 1. The van der Waals surface area contributed by atoms with E-state index in [4.69, 9.17) is 0 Å². The van der Waals surface area contributed by atoms with Gasteiger partial charge in [0.25, 0.3) is 17.2 Å². The Balaban J connectivity index is 1.45. The van der Waals surface area contributed by atoms with Gasteiger partial charge in [-0.1, -0.05) is 12.1 Å². The van der Waals surface area contributed by atoms with Crippen LogP contribution in [0.1, 0.15) is 16.1 Å². The molecule has 1 N–H and O–H groups in total. The fourth-order valence-corrected chi connectivity index (χ4v) is 2.98. The molecule has 3 heterocycles. The number of carbonyl (C=O) groups is 1. The number of amides is 1. The minimum absolute atomic E-state index is 0.0163. The van der Waals surface area contributed by atoms with Gasteiger partial charge in [0.15, 0.2) is 5.65 Å². The molecule has 0 radical (unpaired) electrons. The summed E-state index contributed by atoms with van der Waals surface area (Å²) in [5.41, 5.74) is 1.04. The van der Waals surface area contributed by atoms with E-state index in [0.29, 0.717) is 17.6 Å². The van der Waals surface area contributed by atoms with Crippen molar-refractivity contribution in [3.05, 3.63) is 87.1 Å². The number of rotatable bonds is 7. The summed E-state index contributed by atoms with van der Waals surface area (Å²) < 4.78 is 2.94. The summed E-state index contributed by atoms with van der Waals surface area (Å²) in [7, 11) is 0. The average molecular weight is 420 g/mol. The number of hydrogen-bond acceptors (Lipinski definition) is 8. The molecule has 31 heavy (non-hydrogen) atoms. The first kappa shape index (κ1) is 19.8. The molecule has 0 atom stereocenters. The fourth-order valence-electron chi connectivity index (χ4n) is 2.98. The van der Waals surface area contributed by atoms with Crippen molar-refractivity contribution in [3.8, 4) is 0 Å². The highest BCUT2D eigenvalue weighted by atomic mass is 16.6. The van der Waals surface area contributed by atoms with Gasteiger partial charge in [-0.2, -0.15) is 5.10 Å². The monoisotopic (exact) mass is 420 g/mol. The van der Waals surface area contributed by atoms with Crippen molar-refractivity contribution in [1.82, 2.24) is 34.6 Å². The first-order valence-electron chi connectivity index (χ1n) is 9.21. The minimum atomic E-state index is -0.479. The Morgan fingerprint density at radius 1 is 1.13 bits per heavy atom. The van der Waals surface area contributed by atoms with E-state index in [2.05, 4.69) is 25.4 Å². The number of benzene rings is 1. The van der Waals surface area contributed by atoms with Crippen LogP contribution in [0.25, 0.3) is 11.0 Å². The van der Waals surface area contributed by atoms with Crippen molar-refractivity contribution in [3.63, 3.8) is 0 Å². The molecule has 0 aliphatic carbocycles. The van der Waals surface area contributed by atoms with Gasteiger partial charge in [-0.05, 0) is 5.56 Å². The van der Waals surface area contributed by atoms with Gasteiger partial charge in [0.05, 0.1) is 30.4 Å². The van der Waals surface area contributed by atoms with Crippen molar-refractivity contribution < 1.29 is 9.72 Å². The predicted octanol–water partition coefficient (Wildman–Crippen LogP) is 0.769. The average Bonchev–Trinajstić information content (AvgIpc) is 3.20. The van der Waals surface area contributed by atoms with Gasteiger partial charge in [-0.25, -0.2) is 14.6 Å². The van der Waals surface area contributed by atoms with E-state index in [0.717, 1.165) is 5.56 Å². The highest BCUT2D eigenvalue weighted by Gasteiger charge is 2.12. The number of aromatic nitrogens is 6. The van der Waals surface area contributed by atoms with Gasteiger partial charge in [0.2, 0.25) is 0 Å². The zero-order valence-corrected chi connectivity index (χ0v) is 16.1. The molecule has 0 aliphatic heterocycles. The Kier molecular flexibility index (Phi) is 5.43. The third kappa shape index (κ3) is 4.27. The molecule has 156 valence electrons. The molecule has 1 amide bonds. The van der Waals surface area contributed by atoms with Crippen LogP contribution in [-0.4, -0.2) is 46.7 Å². The number of nitro groups is 1. The molecule has 1 aromatic carbocycles. The molecule has 0 aliphatic rings. The number of nitrogens with zero attached hydrogens (tertiary/aromatic N) is 7. The van der Waals surface area contributed by atoms with Crippen molar-refractivity contribution in [1.29, 1.82) is 0 Å². The molecule has 12 nitrogen and oxygen atoms in total. The summed E-state index contributed by atoms with van der Waals surface area (Å²) in [6, 6.07) is 5.97. The Hall–Kier alpha value is -4.48. The summed E-state index contributed by atoms with van der Waals surface area (Å²) in [5.74, 6) is -0.358. The number of nitro benzene ring substituents is 1. The maximum Gasteiger partial charge on any atom is 0.271 e. The molecular weight excluding hydrogens is 404 g/mol. The lowest BCUT2D eigenvalue weighted by atomic mass is 10.2. The lowest BCUT2D eigenvalue weighted by molar-refractivity contribution is -0.384. The highest BCUT2D eigenvalue weighted by Crippen LogP contribution is 2.13. The van der Waals surface area contributed by atoms with E-state index < -0.39 is 4.92 Å². The minimum Gasteiger partial charge on any atom is -0.349 e. The molecule has 4 aromatic rings. The number of fused-ring (bicyclic) bond motifs is 1. The quantitative estimate of drug-likeness (QED) is 0.340. The Labute approximate surface area is 174 Å². The maximum absolute atomic E-state index is 12.8. The molecule has 3 aromatic heterocycles. The van der Waals surface area contributed by atoms with Crippen LogP contribution in [0.5, 0.6) is 0 Å². The molecule has 4 rings (SSSR count). The second-order valence-corrected chi connectivity index (χ2v) is 6.55. The standard InChI is InChI=1S/C19H16N8O4/c28-18(16-10-20-5-6-21-16)22-7-8-26-17-15(9-24-26)19(29)25(12-23-17)11-13-1-3-14(4-2-13)27(30)31/h1-6,9-10,12H,7-8,11H2,(H,22,28). The third-order valence-corrected chi connectivity index (χ3v) is 4.53. The smallest absolute Gasteiger partial charge is 0.271 e. The van der Waals surface area contributed by atoms with Crippen molar-refractivity contribution in [2.45, 2.75) is 13.1 Å². The zero-order chi connectivity index (χ0) is 21.8. The van der Waals surface area contributed by atoms with Crippen LogP contribution in [-0.2, 0) is 13.1 Å². The van der Waals surface area contributed by atoms with Gasteiger partial charge in [-0.3, -0.25) is 29.3 Å². The first-order chi connectivity index (χ1) is 15.0. The van der Waals surface area contributed by atoms with E-state index in [1.54, 1.807) is 12.1 Å². The lowest BCUT2D eigenvalue weighted by Gasteiger charge is -2.07. The van der Waals surface area contributed by atoms with Crippen LogP contribution in [0.15, 0.2) is 60.2 Å². The molecule has 0 saturated heterocycles. The van der Waals surface area contributed by atoms with Crippen LogP contribution in [0, 0.1) is 10.1 Å². The summed E-state index contributed by atoms with van der Waals surface area (Å²) in [4.78, 5) is 47.2. The van der Waals surface area contributed by atoms with E-state index in [9.17, 15) is 19.7 Å². The molecule has 0 unspecified atom stereocenters. The third-order valence-electron chi connectivity index (χ3n) is 4.53. The van der Waals surface area contributed by atoms with Crippen LogP contribution in [0.2, 0.25) is 0 Å². The number of hydrogen-bond donors (Lipinski definition) is 1. The van der Waals surface area contributed by atoms with Gasteiger partial charge in [0.1, 0.15) is 17.4 Å². The van der Waals surface area contributed by atoms with Crippen molar-refractivity contribution in [2.24, 2.45) is 0 Å². The normalized spacial score (nSPS) is 10.8. The second-order valence-electron chi connectivity index (χ2n) is 6.55. The molecular formula is C19H16N8O4. The first-order valence-corrected chi connectivity index (χ1v) is 9.21. The molecule has 0 spiro atoms. The maximum atomic E-state index is 12.8. The van der Waals surface area contributed by atoms with Crippen LogP contribution >= 0.6 is 0 Å². The molecule has 12 heteroatoms. The second kappa shape index (κ2) is 8.49. The SMILES string of the molecule is O=C(NCCn1ncc2c(=O)n(Cc3ccc([N+](=O)[O-])cc3)cnc21)c1cnccn1.